The molecule has 34 heavy (non-hydrogen) atoms. The summed E-state index contributed by atoms with van der Waals surface area (Å²) in [5.74, 6) is 0.788. The molecule has 0 unspecified atom stereocenters. The highest BCUT2D eigenvalue weighted by atomic mass is 16.5. The number of imidazole rings is 1. The quantitative estimate of drug-likeness (QED) is 0.561. The Bertz CT molecular complexity index is 1200. The van der Waals surface area contributed by atoms with E-state index in [9.17, 15) is 9.59 Å². The van der Waals surface area contributed by atoms with Crippen molar-refractivity contribution < 1.29 is 14.3 Å². The predicted molar refractivity (Wildman–Crippen MR) is 129 cm³/mol. The highest BCUT2D eigenvalue weighted by molar-refractivity contribution is 5.88. The SMILES string of the molecule is COc1ccc(C(C)(C)c2cc(-c3nc(CC(=O)N4CCC[C@H]4C(N)=O)[nH]c3C)ccn2)cc1. The van der Waals surface area contributed by atoms with Crippen LogP contribution >= 0.6 is 0 Å². The molecule has 1 aliphatic heterocycles. The standard InChI is InChI=1S/C26H31N5O3/c1-16-24(30-22(29-16)15-23(32)31-13-5-6-20(31)25(27)33)17-11-12-28-21(14-17)26(2,3)18-7-9-19(34-4)10-8-18/h7-12,14,20H,5-6,13,15H2,1-4H3,(H2,27,33)(H,29,30)/t20-/m0/s1. The van der Waals surface area contributed by atoms with Gasteiger partial charge in [-0.05, 0) is 49.6 Å². The third-order valence-electron chi connectivity index (χ3n) is 6.64. The summed E-state index contributed by atoms with van der Waals surface area (Å²) in [6.45, 7) is 6.75. The second kappa shape index (κ2) is 9.29. The molecule has 1 aromatic carbocycles. The zero-order chi connectivity index (χ0) is 24.5. The molecular weight excluding hydrogens is 430 g/mol. The first-order valence-corrected chi connectivity index (χ1v) is 11.5. The van der Waals surface area contributed by atoms with Gasteiger partial charge in [-0.15, -0.1) is 0 Å². The van der Waals surface area contributed by atoms with Crippen molar-refractivity contribution >= 4 is 11.8 Å². The lowest BCUT2D eigenvalue weighted by Crippen LogP contribution is -2.44. The van der Waals surface area contributed by atoms with E-state index in [1.807, 2.05) is 31.2 Å². The van der Waals surface area contributed by atoms with Gasteiger partial charge in [-0.25, -0.2) is 4.98 Å². The van der Waals surface area contributed by atoms with Crippen LogP contribution in [0.3, 0.4) is 0 Å². The number of rotatable bonds is 7. The van der Waals surface area contributed by atoms with Gasteiger partial charge in [0.05, 0.1) is 24.9 Å². The minimum absolute atomic E-state index is 0.0971. The number of hydrogen-bond donors (Lipinski definition) is 2. The van der Waals surface area contributed by atoms with Crippen LogP contribution in [0.15, 0.2) is 42.6 Å². The number of nitrogens with zero attached hydrogens (tertiary/aromatic N) is 3. The maximum Gasteiger partial charge on any atom is 0.240 e. The molecule has 8 nitrogen and oxygen atoms in total. The maximum atomic E-state index is 12.8. The van der Waals surface area contributed by atoms with Crippen molar-refractivity contribution in [1.82, 2.24) is 19.9 Å². The van der Waals surface area contributed by atoms with Crippen LogP contribution in [0.5, 0.6) is 5.75 Å². The Morgan fingerprint density at radius 3 is 2.65 bits per heavy atom. The lowest BCUT2D eigenvalue weighted by Gasteiger charge is -2.25. The summed E-state index contributed by atoms with van der Waals surface area (Å²) in [7, 11) is 1.65. The van der Waals surface area contributed by atoms with E-state index in [4.69, 9.17) is 15.5 Å². The van der Waals surface area contributed by atoms with E-state index in [1.54, 1.807) is 18.2 Å². The average Bonchev–Trinajstić information content (AvgIpc) is 3.46. The van der Waals surface area contributed by atoms with Gasteiger partial charge in [0.15, 0.2) is 0 Å². The van der Waals surface area contributed by atoms with E-state index in [1.165, 1.54) is 0 Å². The fraction of sp³-hybridized carbons (Fsp3) is 0.385. The maximum absolute atomic E-state index is 12.8. The highest BCUT2D eigenvalue weighted by Gasteiger charge is 2.33. The molecule has 1 saturated heterocycles. The number of amides is 2. The van der Waals surface area contributed by atoms with E-state index in [-0.39, 0.29) is 17.7 Å². The van der Waals surface area contributed by atoms with Crippen molar-refractivity contribution in [2.24, 2.45) is 5.73 Å². The number of aromatic nitrogens is 3. The van der Waals surface area contributed by atoms with Crippen molar-refractivity contribution in [3.8, 4) is 17.0 Å². The number of nitrogens with two attached hydrogens (primary N) is 1. The lowest BCUT2D eigenvalue weighted by atomic mass is 9.80. The Balaban J connectivity index is 1.57. The Labute approximate surface area is 199 Å². The first-order chi connectivity index (χ1) is 16.2. The number of pyridine rings is 1. The Morgan fingerprint density at radius 1 is 1.24 bits per heavy atom. The summed E-state index contributed by atoms with van der Waals surface area (Å²) >= 11 is 0. The smallest absolute Gasteiger partial charge is 0.240 e. The Kier molecular flexibility index (Phi) is 6.41. The van der Waals surface area contributed by atoms with Gasteiger partial charge in [0, 0.05) is 29.4 Å². The zero-order valence-electron chi connectivity index (χ0n) is 20.1. The van der Waals surface area contributed by atoms with Gasteiger partial charge in [-0.3, -0.25) is 14.6 Å². The molecule has 1 fully saturated rings. The highest BCUT2D eigenvalue weighted by Crippen LogP contribution is 2.33. The number of nitrogens with one attached hydrogen (secondary N) is 1. The summed E-state index contributed by atoms with van der Waals surface area (Å²) in [4.78, 5) is 38.6. The molecule has 3 aromatic rings. The van der Waals surface area contributed by atoms with Crippen LogP contribution in [0.4, 0.5) is 0 Å². The molecule has 1 aliphatic rings. The molecular formula is C26H31N5O3. The third kappa shape index (κ3) is 4.53. The number of likely N-dealkylation sites (tertiary alicyclic amines) is 1. The molecule has 8 heteroatoms. The number of carbonyl (C=O) groups excluding carboxylic acids is 2. The van der Waals surface area contributed by atoms with Crippen LogP contribution in [-0.4, -0.2) is 51.4 Å². The number of aryl methyl sites for hydroxylation is 1. The third-order valence-corrected chi connectivity index (χ3v) is 6.64. The Morgan fingerprint density at radius 2 is 1.97 bits per heavy atom. The minimum atomic E-state index is -0.522. The van der Waals surface area contributed by atoms with Crippen LogP contribution < -0.4 is 10.5 Å². The molecule has 0 bridgehead atoms. The summed E-state index contributed by atoms with van der Waals surface area (Å²) < 4.78 is 5.28. The van der Waals surface area contributed by atoms with E-state index < -0.39 is 11.9 Å². The van der Waals surface area contributed by atoms with Crippen molar-refractivity contribution in [2.75, 3.05) is 13.7 Å². The van der Waals surface area contributed by atoms with Crippen LogP contribution in [0.2, 0.25) is 0 Å². The van der Waals surface area contributed by atoms with Gasteiger partial charge in [0.2, 0.25) is 11.8 Å². The minimum Gasteiger partial charge on any atom is -0.497 e. The van der Waals surface area contributed by atoms with E-state index in [0.29, 0.717) is 18.8 Å². The molecule has 0 spiro atoms. The molecule has 178 valence electrons. The van der Waals surface area contributed by atoms with E-state index in [0.717, 1.165) is 40.4 Å². The number of H-pyrrole nitrogens is 1. The Hall–Kier alpha value is -3.68. The predicted octanol–water partition coefficient (Wildman–Crippen LogP) is 3.13. The van der Waals surface area contributed by atoms with Gasteiger partial charge >= 0.3 is 0 Å². The number of benzene rings is 1. The monoisotopic (exact) mass is 461 g/mol. The van der Waals surface area contributed by atoms with Crippen LogP contribution in [-0.2, 0) is 21.4 Å². The van der Waals surface area contributed by atoms with Crippen molar-refractivity contribution in [3.05, 3.63) is 65.4 Å². The molecule has 2 aromatic heterocycles. The van der Waals surface area contributed by atoms with E-state index >= 15 is 0 Å². The van der Waals surface area contributed by atoms with Gasteiger partial charge in [0.25, 0.3) is 0 Å². The normalized spacial score (nSPS) is 16.0. The second-order valence-electron chi connectivity index (χ2n) is 9.26. The van der Waals surface area contributed by atoms with Crippen molar-refractivity contribution in [2.45, 2.75) is 51.5 Å². The summed E-state index contributed by atoms with van der Waals surface area (Å²) in [5.41, 5.74) is 9.75. The summed E-state index contributed by atoms with van der Waals surface area (Å²) in [6, 6.07) is 11.4. The van der Waals surface area contributed by atoms with Crippen molar-refractivity contribution in [1.29, 1.82) is 0 Å². The molecule has 3 N–H and O–H groups in total. The van der Waals surface area contributed by atoms with Crippen LogP contribution in [0.1, 0.15) is 49.5 Å². The number of methoxy groups -OCH3 is 1. The van der Waals surface area contributed by atoms with Crippen LogP contribution in [0, 0.1) is 6.92 Å². The second-order valence-corrected chi connectivity index (χ2v) is 9.26. The van der Waals surface area contributed by atoms with Gasteiger partial charge < -0.3 is 20.4 Å². The fourth-order valence-electron chi connectivity index (χ4n) is 4.57. The molecule has 3 heterocycles. The summed E-state index contributed by atoms with van der Waals surface area (Å²) in [6.07, 6.45) is 3.29. The van der Waals surface area contributed by atoms with Crippen molar-refractivity contribution in [3.63, 3.8) is 0 Å². The van der Waals surface area contributed by atoms with Gasteiger partial charge in [-0.1, -0.05) is 26.0 Å². The largest absolute Gasteiger partial charge is 0.497 e. The molecule has 2 amide bonds. The first kappa shape index (κ1) is 23.5. The average molecular weight is 462 g/mol. The fourth-order valence-corrected chi connectivity index (χ4v) is 4.57. The van der Waals surface area contributed by atoms with Gasteiger partial charge in [-0.2, -0.15) is 0 Å². The number of carbonyl (C=O) groups is 2. The molecule has 0 radical (unpaired) electrons. The molecule has 4 rings (SSSR count). The van der Waals surface area contributed by atoms with Crippen LogP contribution in [0.25, 0.3) is 11.3 Å². The topological polar surface area (TPSA) is 114 Å². The number of ether oxygens (including phenoxy) is 1. The molecule has 0 saturated carbocycles. The van der Waals surface area contributed by atoms with E-state index in [2.05, 4.69) is 35.9 Å². The summed E-state index contributed by atoms with van der Waals surface area (Å²) in [5, 5.41) is 0. The number of hydrogen-bond acceptors (Lipinski definition) is 5. The molecule has 0 aliphatic carbocycles. The number of primary amides is 1. The van der Waals surface area contributed by atoms with Gasteiger partial charge in [0.1, 0.15) is 17.6 Å². The number of aromatic amines is 1. The first-order valence-electron chi connectivity index (χ1n) is 11.5. The zero-order valence-corrected chi connectivity index (χ0v) is 20.1. The molecule has 1 atom stereocenters. The lowest BCUT2D eigenvalue weighted by molar-refractivity contribution is -0.136.